The van der Waals surface area contributed by atoms with Gasteiger partial charge in [-0.3, -0.25) is 0 Å². The van der Waals surface area contributed by atoms with Crippen LogP contribution in [0.5, 0.6) is 11.5 Å². The van der Waals surface area contributed by atoms with Crippen molar-refractivity contribution in [2.24, 2.45) is 23.7 Å². The van der Waals surface area contributed by atoms with Gasteiger partial charge in [0.15, 0.2) is 11.5 Å². The minimum Gasteiger partial charge on any atom is -0.493 e. The van der Waals surface area contributed by atoms with Crippen molar-refractivity contribution in [2.45, 2.75) is 71.1 Å². The van der Waals surface area contributed by atoms with E-state index in [2.05, 4.69) is 32.0 Å². The molecule has 3 rings (SSSR count). The molecule has 1 aromatic rings. The summed E-state index contributed by atoms with van der Waals surface area (Å²) in [6.45, 7) is 4.59. The summed E-state index contributed by atoms with van der Waals surface area (Å²) in [5, 5.41) is 9.99. The van der Waals surface area contributed by atoms with E-state index in [1.807, 2.05) is 0 Å². The van der Waals surface area contributed by atoms with E-state index < -0.39 is 0 Å². The molecule has 0 aliphatic heterocycles. The predicted molar refractivity (Wildman–Crippen MR) is 109 cm³/mol. The molecule has 0 spiro atoms. The van der Waals surface area contributed by atoms with Gasteiger partial charge in [-0.2, -0.15) is 5.26 Å². The van der Waals surface area contributed by atoms with Crippen molar-refractivity contribution in [3.63, 3.8) is 0 Å². The van der Waals surface area contributed by atoms with Crippen LogP contribution in [0.1, 0.15) is 75.8 Å². The van der Waals surface area contributed by atoms with Crippen LogP contribution in [0.2, 0.25) is 0 Å². The molecule has 148 valence electrons. The van der Waals surface area contributed by atoms with Gasteiger partial charge in [0.05, 0.1) is 20.3 Å². The molecule has 4 atom stereocenters. The highest BCUT2D eigenvalue weighted by Gasteiger charge is 2.33. The fourth-order valence-corrected chi connectivity index (χ4v) is 5.45. The van der Waals surface area contributed by atoms with Gasteiger partial charge in [-0.15, -0.1) is 0 Å². The average molecular weight is 370 g/mol. The van der Waals surface area contributed by atoms with E-state index >= 15 is 0 Å². The minimum atomic E-state index is 0.166. The number of hydrogen-bond acceptors (Lipinski definition) is 3. The standard InChI is InChI=1S/C24H35NO2/c1-16(2)10-20-11-17-6-5-7-18-13-23(26-3)24(27-4)14-22(18)19(9-8-17)12-21(20)15-25/h13-14,16-17,19-21H,5-12H2,1-4H3. The van der Waals surface area contributed by atoms with Crippen LogP contribution < -0.4 is 9.47 Å². The second kappa shape index (κ2) is 9.00. The molecule has 1 saturated carbocycles. The number of fused-ring (bicyclic) bond motifs is 5. The zero-order valence-corrected chi connectivity index (χ0v) is 17.5. The van der Waals surface area contributed by atoms with Crippen molar-refractivity contribution in [1.29, 1.82) is 5.26 Å². The Morgan fingerprint density at radius 3 is 2.48 bits per heavy atom. The van der Waals surface area contributed by atoms with Gasteiger partial charge < -0.3 is 9.47 Å². The molecule has 3 heteroatoms. The zero-order chi connectivity index (χ0) is 19.4. The molecule has 1 aromatic carbocycles. The Bertz CT molecular complexity index is 676. The fourth-order valence-electron chi connectivity index (χ4n) is 5.45. The van der Waals surface area contributed by atoms with Gasteiger partial charge in [-0.05, 0) is 91.9 Å². The van der Waals surface area contributed by atoms with Crippen molar-refractivity contribution >= 4 is 0 Å². The number of nitriles is 1. The number of benzene rings is 1. The Balaban J connectivity index is 2.00. The molecule has 4 unspecified atom stereocenters. The topological polar surface area (TPSA) is 42.2 Å². The molecular formula is C24H35NO2. The molecule has 1 fully saturated rings. The Labute approximate surface area is 165 Å². The van der Waals surface area contributed by atoms with Crippen LogP contribution in [-0.4, -0.2) is 14.2 Å². The lowest BCUT2D eigenvalue weighted by molar-refractivity contribution is 0.205. The van der Waals surface area contributed by atoms with E-state index in [0.29, 0.717) is 17.8 Å². The third-order valence-electron chi connectivity index (χ3n) is 6.75. The zero-order valence-electron chi connectivity index (χ0n) is 17.5. The highest BCUT2D eigenvalue weighted by Crippen LogP contribution is 2.46. The summed E-state index contributed by atoms with van der Waals surface area (Å²) in [4.78, 5) is 0. The van der Waals surface area contributed by atoms with E-state index in [-0.39, 0.29) is 5.92 Å². The maximum atomic E-state index is 9.99. The van der Waals surface area contributed by atoms with E-state index in [0.717, 1.165) is 30.3 Å². The molecule has 0 amide bonds. The number of nitrogens with zero attached hydrogens (tertiary/aromatic N) is 1. The molecular weight excluding hydrogens is 334 g/mol. The first-order chi connectivity index (χ1) is 13.0. The molecule has 3 nitrogen and oxygen atoms in total. The van der Waals surface area contributed by atoms with E-state index in [1.54, 1.807) is 14.2 Å². The van der Waals surface area contributed by atoms with Crippen LogP contribution in [0.25, 0.3) is 0 Å². The SMILES string of the molecule is COc1cc2c(cc1OC)C1CCC(CCC2)CC(CC(C)C)C(C#N)C1. The summed E-state index contributed by atoms with van der Waals surface area (Å²) in [5.41, 5.74) is 2.80. The normalized spacial score (nSPS) is 28.1. The summed E-state index contributed by atoms with van der Waals surface area (Å²) >= 11 is 0. The summed E-state index contributed by atoms with van der Waals surface area (Å²) in [6, 6.07) is 7.09. The quantitative estimate of drug-likeness (QED) is 0.642. The van der Waals surface area contributed by atoms with Crippen LogP contribution in [0, 0.1) is 35.0 Å². The fraction of sp³-hybridized carbons (Fsp3) is 0.708. The smallest absolute Gasteiger partial charge is 0.161 e. The molecule has 0 N–H and O–H groups in total. The second-order valence-electron chi connectivity index (χ2n) is 9.04. The Hall–Kier alpha value is -1.69. The molecule has 0 aromatic heterocycles. The number of rotatable bonds is 4. The first kappa shape index (κ1) is 20.1. The first-order valence-corrected chi connectivity index (χ1v) is 10.7. The number of aryl methyl sites for hydroxylation is 1. The summed E-state index contributed by atoms with van der Waals surface area (Å²) in [6.07, 6.45) is 9.52. The summed E-state index contributed by atoms with van der Waals surface area (Å²) in [7, 11) is 3.42. The summed E-state index contributed by atoms with van der Waals surface area (Å²) in [5.74, 6) is 4.25. The van der Waals surface area contributed by atoms with Crippen LogP contribution in [0.3, 0.4) is 0 Å². The number of ether oxygens (including phenoxy) is 2. The monoisotopic (exact) mass is 369 g/mol. The van der Waals surface area contributed by atoms with Crippen molar-refractivity contribution in [2.75, 3.05) is 14.2 Å². The Kier molecular flexibility index (Phi) is 6.68. The van der Waals surface area contributed by atoms with Crippen molar-refractivity contribution in [1.82, 2.24) is 0 Å². The summed E-state index contributed by atoms with van der Waals surface area (Å²) < 4.78 is 11.2. The molecule has 0 heterocycles. The lowest BCUT2D eigenvalue weighted by atomic mass is 9.70. The van der Waals surface area contributed by atoms with Gasteiger partial charge in [0.25, 0.3) is 0 Å². The largest absolute Gasteiger partial charge is 0.493 e. The molecule has 27 heavy (non-hydrogen) atoms. The van der Waals surface area contributed by atoms with Gasteiger partial charge in [0.1, 0.15) is 0 Å². The highest BCUT2D eigenvalue weighted by molar-refractivity contribution is 5.49. The third-order valence-corrected chi connectivity index (χ3v) is 6.75. The van der Waals surface area contributed by atoms with E-state index in [1.165, 1.54) is 49.7 Å². The van der Waals surface area contributed by atoms with Gasteiger partial charge in [0.2, 0.25) is 0 Å². The molecule has 2 aliphatic carbocycles. The molecule has 2 bridgehead atoms. The number of methoxy groups -OCH3 is 2. The van der Waals surface area contributed by atoms with Gasteiger partial charge in [-0.1, -0.05) is 20.3 Å². The maximum absolute atomic E-state index is 9.99. The highest BCUT2D eigenvalue weighted by atomic mass is 16.5. The third kappa shape index (κ3) is 4.60. The Morgan fingerprint density at radius 2 is 1.81 bits per heavy atom. The van der Waals surface area contributed by atoms with Gasteiger partial charge >= 0.3 is 0 Å². The van der Waals surface area contributed by atoms with Crippen LogP contribution in [0.4, 0.5) is 0 Å². The Morgan fingerprint density at radius 1 is 1.07 bits per heavy atom. The average Bonchev–Trinajstić information content (AvgIpc) is 2.70. The molecule has 0 saturated heterocycles. The van der Waals surface area contributed by atoms with E-state index in [9.17, 15) is 5.26 Å². The molecule has 0 radical (unpaired) electrons. The van der Waals surface area contributed by atoms with Crippen molar-refractivity contribution < 1.29 is 9.47 Å². The van der Waals surface area contributed by atoms with Crippen LogP contribution >= 0.6 is 0 Å². The lowest BCUT2D eigenvalue weighted by Gasteiger charge is -2.34. The van der Waals surface area contributed by atoms with Gasteiger partial charge in [-0.25, -0.2) is 0 Å². The minimum absolute atomic E-state index is 0.166. The number of hydrogen-bond donors (Lipinski definition) is 0. The van der Waals surface area contributed by atoms with E-state index in [4.69, 9.17) is 9.47 Å². The predicted octanol–water partition coefficient (Wildman–Crippen LogP) is 6.12. The molecule has 2 aliphatic rings. The maximum Gasteiger partial charge on any atom is 0.161 e. The van der Waals surface area contributed by atoms with Crippen LogP contribution in [0.15, 0.2) is 12.1 Å². The van der Waals surface area contributed by atoms with Gasteiger partial charge in [0, 0.05) is 5.92 Å². The second-order valence-corrected chi connectivity index (χ2v) is 9.04. The first-order valence-electron chi connectivity index (χ1n) is 10.7. The lowest BCUT2D eigenvalue weighted by Crippen LogP contribution is -2.24. The van der Waals surface area contributed by atoms with Crippen molar-refractivity contribution in [3.05, 3.63) is 23.3 Å². The van der Waals surface area contributed by atoms with Crippen LogP contribution in [-0.2, 0) is 6.42 Å². The van der Waals surface area contributed by atoms with Crippen molar-refractivity contribution in [3.8, 4) is 17.6 Å².